The molecule has 36 heavy (non-hydrogen) atoms. The Morgan fingerprint density at radius 2 is 1.56 bits per heavy atom. The molecule has 6 rings (SSSR count). The number of carbonyl (C=O) groups is 1. The lowest BCUT2D eigenvalue weighted by Crippen LogP contribution is -2.46. The van der Waals surface area contributed by atoms with E-state index >= 15 is 0 Å². The van der Waals surface area contributed by atoms with E-state index in [1.807, 2.05) is 53.4 Å². The molecule has 3 aromatic carbocycles. The number of carbonyl (C=O) groups excluding carboxylic acids is 1. The summed E-state index contributed by atoms with van der Waals surface area (Å²) in [6.07, 6.45) is 3.06. The zero-order valence-electron chi connectivity index (χ0n) is 20.2. The smallest absolute Gasteiger partial charge is 0.321 e. The van der Waals surface area contributed by atoms with Crippen LogP contribution in [0.5, 0.6) is 11.5 Å². The second-order valence-electron chi connectivity index (χ2n) is 9.90. The summed E-state index contributed by atoms with van der Waals surface area (Å²) in [6, 6.07) is 20.0. The van der Waals surface area contributed by atoms with E-state index in [0.29, 0.717) is 13.2 Å². The lowest BCUT2D eigenvalue weighted by molar-refractivity contribution is 0.132. The number of likely N-dealkylation sites (tertiary alicyclic amines) is 2. The molecule has 2 N–H and O–H groups in total. The monoisotopic (exact) mass is 502 g/mol. The van der Waals surface area contributed by atoms with E-state index in [-0.39, 0.29) is 11.4 Å². The Morgan fingerprint density at radius 3 is 2.39 bits per heavy atom. The fourth-order valence-corrected chi connectivity index (χ4v) is 5.83. The van der Waals surface area contributed by atoms with Gasteiger partial charge in [0.25, 0.3) is 0 Å². The highest BCUT2D eigenvalue weighted by Crippen LogP contribution is 2.41. The maximum Gasteiger partial charge on any atom is 0.321 e. The number of anilines is 2. The molecular weight excluding hydrogens is 472 g/mol. The van der Waals surface area contributed by atoms with Crippen molar-refractivity contribution in [2.45, 2.75) is 19.3 Å². The van der Waals surface area contributed by atoms with E-state index in [1.54, 1.807) is 0 Å². The minimum atomic E-state index is -0.0214. The van der Waals surface area contributed by atoms with E-state index in [1.165, 1.54) is 0 Å². The van der Waals surface area contributed by atoms with Crippen molar-refractivity contribution in [1.82, 2.24) is 9.80 Å². The fourth-order valence-electron chi connectivity index (χ4n) is 5.55. The zero-order valence-corrected chi connectivity index (χ0v) is 21.0. The van der Waals surface area contributed by atoms with Crippen molar-refractivity contribution in [1.29, 1.82) is 0 Å². The average molecular weight is 503 g/mol. The van der Waals surface area contributed by atoms with Crippen LogP contribution in [0.15, 0.2) is 60.7 Å². The normalized spacial score (nSPS) is 18.3. The number of fused-ring (bicyclic) bond motifs is 2. The third kappa shape index (κ3) is 4.53. The van der Waals surface area contributed by atoms with E-state index in [0.717, 1.165) is 84.2 Å². The van der Waals surface area contributed by atoms with Crippen molar-refractivity contribution in [2.75, 3.05) is 50.0 Å². The molecule has 3 aliphatic heterocycles. The highest BCUT2D eigenvalue weighted by Gasteiger charge is 2.42. The molecule has 0 bridgehead atoms. The van der Waals surface area contributed by atoms with E-state index in [4.69, 9.17) is 21.7 Å². The van der Waals surface area contributed by atoms with Gasteiger partial charge in [-0.1, -0.05) is 36.4 Å². The Labute approximate surface area is 216 Å². The highest BCUT2D eigenvalue weighted by atomic mass is 32.1. The average Bonchev–Trinajstić information content (AvgIpc) is 3.33. The molecule has 1 spiro atoms. The van der Waals surface area contributed by atoms with Gasteiger partial charge >= 0.3 is 6.03 Å². The number of hydrogen-bond acceptors (Lipinski definition) is 4. The number of urea groups is 1. The lowest BCUT2D eigenvalue weighted by Gasteiger charge is -2.39. The topological polar surface area (TPSA) is 66.1 Å². The Morgan fingerprint density at radius 1 is 0.833 bits per heavy atom. The van der Waals surface area contributed by atoms with Gasteiger partial charge in [0.2, 0.25) is 0 Å². The van der Waals surface area contributed by atoms with Gasteiger partial charge in [-0.2, -0.15) is 0 Å². The molecule has 0 aliphatic carbocycles. The first kappa shape index (κ1) is 22.9. The first-order chi connectivity index (χ1) is 17.6. The van der Waals surface area contributed by atoms with Crippen LogP contribution in [0, 0.1) is 5.41 Å². The predicted octanol–water partition coefficient (Wildman–Crippen LogP) is 5.33. The summed E-state index contributed by atoms with van der Waals surface area (Å²) in [5.41, 5.74) is 1.97. The van der Waals surface area contributed by atoms with Crippen molar-refractivity contribution in [3.8, 4) is 11.5 Å². The molecular formula is C28H30N4O3S. The molecule has 2 fully saturated rings. The summed E-state index contributed by atoms with van der Waals surface area (Å²) in [5.74, 6) is 1.52. The standard InChI is InChI=1S/C28H30N4O3S/c33-26(30-23-7-3-5-20-4-1-2-6-22(20)23)31-13-10-28(11-14-31)12-15-32(19-28)27(36)29-21-8-9-24-25(18-21)35-17-16-34-24/h1-9,18H,10-17,19H2,(H,29,36)(H,30,33). The molecule has 0 unspecified atom stereocenters. The maximum absolute atomic E-state index is 13.0. The van der Waals surface area contributed by atoms with Crippen molar-refractivity contribution < 1.29 is 14.3 Å². The molecule has 186 valence electrons. The Hall–Kier alpha value is -3.52. The summed E-state index contributed by atoms with van der Waals surface area (Å²) in [4.78, 5) is 17.3. The summed E-state index contributed by atoms with van der Waals surface area (Å²) >= 11 is 5.75. The van der Waals surface area contributed by atoms with Crippen molar-refractivity contribution in [3.05, 3.63) is 60.7 Å². The number of ether oxygens (including phenoxy) is 2. The molecule has 3 heterocycles. The van der Waals surface area contributed by atoms with Crippen LogP contribution in [-0.4, -0.2) is 60.3 Å². The maximum atomic E-state index is 13.0. The number of rotatable bonds is 2. The minimum absolute atomic E-state index is 0.0214. The Bertz CT molecular complexity index is 1300. The molecule has 2 amide bonds. The van der Waals surface area contributed by atoms with Crippen LogP contribution < -0.4 is 20.1 Å². The van der Waals surface area contributed by atoms with E-state index in [2.05, 4.69) is 27.7 Å². The highest BCUT2D eigenvalue weighted by molar-refractivity contribution is 7.80. The zero-order chi connectivity index (χ0) is 24.5. The van der Waals surface area contributed by atoms with Gasteiger partial charge in [0.15, 0.2) is 16.6 Å². The van der Waals surface area contributed by atoms with Gasteiger partial charge in [-0.15, -0.1) is 0 Å². The second-order valence-corrected chi connectivity index (χ2v) is 10.3. The van der Waals surface area contributed by atoms with Gasteiger partial charge in [-0.25, -0.2) is 4.79 Å². The minimum Gasteiger partial charge on any atom is -0.486 e. The Kier molecular flexibility index (Phi) is 6.05. The third-order valence-electron chi connectivity index (χ3n) is 7.66. The number of amides is 2. The van der Waals surface area contributed by atoms with Gasteiger partial charge in [0.1, 0.15) is 13.2 Å². The van der Waals surface area contributed by atoms with Crippen LogP contribution in [0.1, 0.15) is 19.3 Å². The number of thiocarbonyl (C=S) groups is 1. The van der Waals surface area contributed by atoms with Gasteiger partial charge in [0.05, 0.1) is 5.69 Å². The largest absolute Gasteiger partial charge is 0.486 e. The number of nitrogens with one attached hydrogen (secondary N) is 2. The van der Waals surface area contributed by atoms with Crippen LogP contribution in [0.2, 0.25) is 0 Å². The molecule has 0 radical (unpaired) electrons. The summed E-state index contributed by atoms with van der Waals surface area (Å²) < 4.78 is 11.3. The summed E-state index contributed by atoms with van der Waals surface area (Å²) in [5, 5.41) is 9.43. The number of benzene rings is 3. The second kappa shape index (κ2) is 9.50. The third-order valence-corrected chi connectivity index (χ3v) is 8.02. The molecule has 8 heteroatoms. The lowest BCUT2D eigenvalue weighted by atomic mass is 9.78. The van der Waals surface area contributed by atoms with Crippen LogP contribution in [-0.2, 0) is 0 Å². The number of hydrogen-bond donors (Lipinski definition) is 2. The van der Waals surface area contributed by atoms with Gasteiger partial charge < -0.3 is 29.9 Å². The summed E-state index contributed by atoms with van der Waals surface area (Å²) in [6.45, 7) is 4.50. The molecule has 0 saturated carbocycles. The quantitative estimate of drug-likeness (QED) is 0.462. The van der Waals surface area contributed by atoms with Gasteiger partial charge in [0, 0.05) is 43.3 Å². The molecule has 0 aromatic heterocycles. The number of nitrogens with zero attached hydrogens (tertiary/aromatic N) is 2. The van der Waals surface area contributed by atoms with E-state index in [9.17, 15) is 4.79 Å². The molecule has 7 nitrogen and oxygen atoms in total. The van der Waals surface area contributed by atoms with Gasteiger partial charge in [-0.3, -0.25) is 0 Å². The first-order valence-corrected chi connectivity index (χ1v) is 13.0. The van der Waals surface area contributed by atoms with Crippen molar-refractivity contribution in [2.24, 2.45) is 5.41 Å². The van der Waals surface area contributed by atoms with Crippen LogP contribution in [0.3, 0.4) is 0 Å². The SMILES string of the molecule is O=C(Nc1cccc2ccccc12)N1CCC2(CC1)CCN(C(=S)Nc1ccc3c(c1)OCCO3)C2. The van der Waals surface area contributed by atoms with Crippen LogP contribution in [0.25, 0.3) is 10.8 Å². The van der Waals surface area contributed by atoms with Crippen LogP contribution in [0.4, 0.5) is 16.2 Å². The number of piperidine rings is 1. The van der Waals surface area contributed by atoms with Crippen molar-refractivity contribution >= 4 is 45.5 Å². The molecule has 3 aromatic rings. The molecule has 0 atom stereocenters. The van der Waals surface area contributed by atoms with Gasteiger partial charge in [-0.05, 0) is 60.5 Å². The Balaban J connectivity index is 1.04. The van der Waals surface area contributed by atoms with Crippen molar-refractivity contribution in [3.63, 3.8) is 0 Å². The molecule has 2 saturated heterocycles. The summed E-state index contributed by atoms with van der Waals surface area (Å²) in [7, 11) is 0. The first-order valence-electron chi connectivity index (χ1n) is 12.6. The molecule has 3 aliphatic rings. The van der Waals surface area contributed by atoms with E-state index < -0.39 is 0 Å². The fraction of sp³-hybridized carbons (Fsp3) is 0.357. The van der Waals surface area contributed by atoms with Crippen LogP contribution >= 0.6 is 12.2 Å². The predicted molar refractivity (Wildman–Crippen MR) is 146 cm³/mol.